The average Bonchev–Trinajstić information content (AvgIpc) is 2.55. The number of benzene rings is 3. The number of fused-ring (bicyclic) bond motifs is 1. The van der Waals surface area contributed by atoms with Gasteiger partial charge >= 0.3 is 0 Å². The molecule has 0 aliphatic rings. The Morgan fingerprint density at radius 2 is 1.64 bits per heavy atom. The number of rotatable bonds is 4. The molecule has 3 aromatic carbocycles. The lowest BCUT2D eigenvalue weighted by molar-refractivity contribution is -0.113. The van der Waals surface area contributed by atoms with E-state index in [0.29, 0.717) is 11.4 Å². The Morgan fingerprint density at radius 1 is 0.909 bits per heavy atom. The Labute approximate surface area is 133 Å². The third-order valence-electron chi connectivity index (χ3n) is 3.29. The van der Waals surface area contributed by atoms with Gasteiger partial charge in [-0.3, -0.25) is 4.79 Å². The van der Waals surface area contributed by atoms with Crippen molar-refractivity contribution in [1.29, 1.82) is 0 Å². The van der Waals surface area contributed by atoms with Gasteiger partial charge in [0.2, 0.25) is 5.91 Å². The average molecular weight is 309 g/mol. The van der Waals surface area contributed by atoms with Crippen LogP contribution in [-0.4, -0.2) is 16.8 Å². The summed E-state index contributed by atoms with van der Waals surface area (Å²) in [5.74, 6) is 0.496. The van der Waals surface area contributed by atoms with Crippen LogP contribution in [0.3, 0.4) is 0 Å². The van der Waals surface area contributed by atoms with Crippen LogP contribution in [0.25, 0.3) is 10.8 Å². The predicted molar refractivity (Wildman–Crippen MR) is 91.4 cm³/mol. The van der Waals surface area contributed by atoms with E-state index in [1.165, 1.54) is 11.8 Å². The van der Waals surface area contributed by atoms with E-state index in [9.17, 15) is 9.90 Å². The Hall–Kier alpha value is -2.46. The van der Waals surface area contributed by atoms with Gasteiger partial charge in [-0.1, -0.05) is 42.5 Å². The molecule has 2 N–H and O–H groups in total. The first-order valence-corrected chi connectivity index (χ1v) is 7.91. The van der Waals surface area contributed by atoms with Crippen LogP contribution in [-0.2, 0) is 4.79 Å². The highest BCUT2D eigenvalue weighted by molar-refractivity contribution is 8.00. The van der Waals surface area contributed by atoms with Crippen LogP contribution < -0.4 is 5.32 Å². The maximum absolute atomic E-state index is 12.1. The molecule has 0 radical (unpaired) electrons. The number of carbonyl (C=O) groups excluding carboxylic acids is 1. The van der Waals surface area contributed by atoms with Crippen molar-refractivity contribution in [3.8, 4) is 5.75 Å². The third-order valence-corrected chi connectivity index (χ3v) is 4.30. The molecule has 3 rings (SSSR count). The molecule has 0 saturated heterocycles. The molecule has 110 valence electrons. The Morgan fingerprint density at radius 3 is 2.45 bits per heavy atom. The van der Waals surface area contributed by atoms with E-state index in [4.69, 9.17) is 0 Å². The number of hydrogen-bond acceptors (Lipinski definition) is 3. The number of thioether (sulfide) groups is 1. The summed E-state index contributed by atoms with van der Waals surface area (Å²) in [4.78, 5) is 13.2. The van der Waals surface area contributed by atoms with E-state index >= 15 is 0 Å². The molecule has 0 aromatic heterocycles. The van der Waals surface area contributed by atoms with Crippen molar-refractivity contribution in [1.82, 2.24) is 0 Å². The molecule has 0 fully saturated rings. The predicted octanol–water partition coefficient (Wildman–Crippen LogP) is 4.28. The molecule has 0 bridgehead atoms. The minimum Gasteiger partial charge on any atom is -0.507 e. The monoisotopic (exact) mass is 309 g/mol. The number of phenolic OH excluding ortho intramolecular Hbond substituents is 1. The van der Waals surface area contributed by atoms with E-state index in [1.54, 1.807) is 12.1 Å². The van der Waals surface area contributed by atoms with Crippen molar-refractivity contribution in [3.63, 3.8) is 0 Å². The van der Waals surface area contributed by atoms with Gasteiger partial charge in [-0.25, -0.2) is 0 Å². The summed E-state index contributed by atoms with van der Waals surface area (Å²) in [6, 6.07) is 20.6. The highest BCUT2D eigenvalue weighted by atomic mass is 32.2. The van der Waals surface area contributed by atoms with Gasteiger partial charge < -0.3 is 10.4 Å². The first-order valence-electron chi connectivity index (χ1n) is 6.92. The minimum absolute atomic E-state index is 0.0651. The second kappa shape index (κ2) is 6.54. The Bertz CT molecular complexity index is 803. The van der Waals surface area contributed by atoms with E-state index in [1.807, 2.05) is 54.6 Å². The van der Waals surface area contributed by atoms with Crippen LogP contribution in [0.1, 0.15) is 0 Å². The van der Waals surface area contributed by atoms with E-state index < -0.39 is 0 Å². The molecule has 0 aliphatic heterocycles. The zero-order valence-electron chi connectivity index (χ0n) is 11.8. The van der Waals surface area contributed by atoms with Gasteiger partial charge in [-0.05, 0) is 24.3 Å². The van der Waals surface area contributed by atoms with Crippen LogP contribution in [0.15, 0.2) is 71.6 Å². The molecular weight excluding hydrogens is 294 g/mol. The largest absolute Gasteiger partial charge is 0.507 e. The van der Waals surface area contributed by atoms with Gasteiger partial charge in [0, 0.05) is 21.4 Å². The summed E-state index contributed by atoms with van der Waals surface area (Å²) in [5.41, 5.74) is 0.715. The molecule has 0 atom stereocenters. The number of hydrogen-bond donors (Lipinski definition) is 2. The topological polar surface area (TPSA) is 49.3 Å². The zero-order chi connectivity index (χ0) is 15.4. The number of phenols is 1. The molecule has 22 heavy (non-hydrogen) atoms. The van der Waals surface area contributed by atoms with Gasteiger partial charge in [0.1, 0.15) is 5.75 Å². The molecule has 0 aliphatic carbocycles. The fraction of sp³-hybridized carbons (Fsp3) is 0.0556. The lowest BCUT2D eigenvalue weighted by Crippen LogP contribution is -2.14. The highest BCUT2D eigenvalue weighted by Crippen LogP contribution is 2.30. The Kier molecular flexibility index (Phi) is 4.30. The summed E-state index contributed by atoms with van der Waals surface area (Å²) < 4.78 is 0. The highest BCUT2D eigenvalue weighted by Gasteiger charge is 2.08. The second-order valence-corrected chi connectivity index (χ2v) is 5.88. The van der Waals surface area contributed by atoms with Crippen LogP contribution >= 0.6 is 11.8 Å². The van der Waals surface area contributed by atoms with E-state index in [2.05, 4.69) is 5.32 Å². The van der Waals surface area contributed by atoms with E-state index in [0.717, 1.165) is 15.7 Å². The smallest absolute Gasteiger partial charge is 0.234 e. The van der Waals surface area contributed by atoms with Crippen molar-refractivity contribution in [2.24, 2.45) is 0 Å². The third kappa shape index (κ3) is 3.23. The maximum atomic E-state index is 12.1. The normalized spacial score (nSPS) is 10.5. The molecule has 4 heteroatoms. The molecule has 1 amide bonds. The van der Waals surface area contributed by atoms with E-state index in [-0.39, 0.29) is 11.7 Å². The number of amides is 1. The SMILES string of the molecule is O=C(CSc1ccccc1)Nc1cccc2c(O)cccc12. The van der Waals surface area contributed by atoms with Crippen LogP contribution in [0.2, 0.25) is 0 Å². The molecule has 0 spiro atoms. The van der Waals surface area contributed by atoms with Crippen molar-refractivity contribution < 1.29 is 9.90 Å². The van der Waals surface area contributed by atoms with Crippen LogP contribution in [0.5, 0.6) is 5.75 Å². The summed E-state index contributed by atoms with van der Waals surface area (Å²) in [7, 11) is 0. The summed E-state index contributed by atoms with van der Waals surface area (Å²) in [6.45, 7) is 0. The zero-order valence-corrected chi connectivity index (χ0v) is 12.6. The Balaban J connectivity index is 1.73. The summed E-state index contributed by atoms with van der Waals surface area (Å²) in [5, 5.41) is 14.3. The molecular formula is C18H15NO2S. The standard InChI is InChI=1S/C18H15NO2S/c20-17-11-5-8-14-15(17)9-4-10-16(14)19-18(21)12-22-13-6-2-1-3-7-13/h1-11,20H,12H2,(H,19,21). The fourth-order valence-electron chi connectivity index (χ4n) is 2.25. The molecule has 3 aromatic rings. The number of anilines is 1. The lowest BCUT2D eigenvalue weighted by Gasteiger charge is -2.09. The molecule has 3 nitrogen and oxygen atoms in total. The van der Waals surface area contributed by atoms with Gasteiger partial charge in [-0.2, -0.15) is 0 Å². The molecule has 0 saturated carbocycles. The maximum Gasteiger partial charge on any atom is 0.234 e. The van der Waals surface area contributed by atoms with Gasteiger partial charge in [0.25, 0.3) is 0 Å². The summed E-state index contributed by atoms with van der Waals surface area (Å²) in [6.07, 6.45) is 0. The number of nitrogens with one attached hydrogen (secondary N) is 1. The van der Waals surface area contributed by atoms with Crippen LogP contribution in [0, 0.1) is 0 Å². The summed E-state index contributed by atoms with van der Waals surface area (Å²) >= 11 is 1.49. The first kappa shape index (κ1) is 14.5. The van der Waals surface area contributed by atoms with Crippen molar-refractivity contribution in [2.75, 3.05) is 11.1 Å². The first-order chi connectivity index (χ1) is 10.7. The molecule has 0 unspecified atom stereocenters. The van der Waals surface area contributed by atoms with Crippen molar-refractivity contribution in [3.05, 3.63) is 66.7 Å². The van der Waals surface area contributed by atoms with Crippen LogP contribution in [0.4, 0.5) is 5.69 Å². The second-order valence-electron chi connectivity index (χ2n) is 4.83. The van der Waals surface area contributed by atoms with Gasteiger partial charge in [0.05, 0.1) is 5.75 Å². The van der Waals surface area contributed by atoms with Crippen molar-refractivity contribution in [2.45, 2.75) is 4.90 Å². The minimum atomic E-state index is -0.0651. The van der Waals surface area contributed by atoms with Crippen molar-refractivity contribution >= 4 is 34.1 Å². The quantitative estimate of drug-likeness (QED) is 0.707. The fourth-order valence-corrected chi connectivity index (χ4v) is 2.97. The number of aromatic hydroxyl groups is 1. The lowest BCUT2D eigenvalue weighted by atomic mass is 10.1. The molecule has 0 heterocycles. The van der Waals surface area contributed by atoms with Gasteiger partial charge in [-0.15, -0.1) is 11.8 Å². The number of carbonyl (C=O) groups is 1. The van der Waals surface area contributed by atoms with Gasteiger partial charge in [0.15, 0.2) is 0 Å².